The highest BCUT2D eigenvalue weighted by Crippen LogP contribution is 2.48. The average molecular weight is 354 g/mol. The van der Waals surface area contributed by atoms with Crippen LogP contribution in [-0.2, 0) is 0 Å². The smallest absolute Gasteiger partial charge is 0.335 e. The SMILES string of the molecule is COc1cccc2c1O[C@@]1(C)C[C@@H]2NC(=O)N1c1cccc(C(=O)O)c1. The van der Waals surface area contributed by atoms with E-state index in [0.717, 1.165) is 5.56 Å². The second-order valence-corrected chi connectivity index (χ2v) is 6.55. The summed E-state index contributed by atoms with van der Waals surface area (Å²) in [6.45, 7) is 1.82. The van der Waals surface area contributed by atoms with Crippen LogP contribution < -0.4 is 19.7 Å². The molecule has 2 bridgehead atoms. The third-order valence-electron chi connectivity index (χ3n) is 4.83. The van der Waals surface area contributed by atoms with Gasteiger partial charge in [-0.15, -0.1) is 0 Å². The second-order valence-electron chi connectivity index (χ2n) is 6.55. The number of anilines is 1. The molecule has 26 heavy (non-hydrogen) atoms. The number of rotatable bonds is 3. The molecular formula is C19H18N2O5. The Balaban J connectivity index is 1.81. The van der Waals surface area contributed by atoms with Gasteiger partial charge in [-0.3, -0.25) is 4.90 Å². The van der Waals surface area contributed by atoms with Crippen molar-refractivity contribution in [2.45, 2.75) is 25.1 Å². The van der Waals surface area contributed by atoms with Gasteiger partial charge in [0.1, 0.15) is 0 Å². The van der Waals surface area contributed by atoms with Crippen LogP contribution in [0, 0.1) is 0 Å². The van der Waals surface area contributed by atoms with E-state index in [-0.39, 0.29) is 17.6 Å². The van der Waals surface area contributed by atoms with Crippen molar-refractivity contribution in [3.8, 4) is 11.5 Å². The number of ether oxygens (including phenoxy) is 2. The molecule has 0 spiro atoms. The van der Waals surface area contributed by atoms with Gasteiger partial charge >= 0.3 is 12.0 Å². The van der Waals surface area contributed by atoms with Gasteiger partial charge in [0.05, 0.1) is 24.4 Å². The number of para-hydroxylation sites is 1. The molecular weight excluding hydrogens is 336 g/mol. The summed E-state index contributed by atoms with van der Waals surface area (Å²) < 4.78 is 11.7. The number of carbonyl (C=O) groups is 2. The van der Waals surface area contributed by atoms with Gasteiger partial charge < -0.3 is 19.9 Å². The van der Waals surface area contributed by atoms with Crippen LogP contribution in [0.1, 0.15) is 35.3 Å². The van der Waals surface area contributed by atoms with Crippen LogP contribution in [0.2, 0.25) is 0 Å². The van der Waals surface area contributed by atoms with Gasteiger partial charge in [0, 0.05) is 12.0 Å². The highest BCUT2D eigenvalue weighted by Gasteiger charge is 2.50. The van der Waals surface area contributed by atoms with E-state index in [0.29, 0.717) is 23.6 Å². The number of carbonyl (C=O) groups excluding carboxylic acids is 1. The zero-order valence-corrected chi connectivity index (χ0v) is 14.4. The number of benzene rings is 2. The zero-order chi connectivity index (χ0) is 18.5. The fraction of sp³-hybridized carbons (Fsp3) is 0.263. The van der Waals surface area contributed by atoms with Crippen LogP contribution in [-0.4, -0.2) is 29.9 Å². The summed E-state index contributed by atoms with van der Waals surface area (Å²) >= 11 is 0. The molecule has 7 nitrogen and oxygen atoms in total. The van der Waals surface area contributed by atoms with Gasteiger partial charge in [-0.05, 0) is 31.2 Å². The normalized spacial score (nSPS) is 23.5. The van der Waals surface area contributed by atoms with E-state index < -0.39 is 11.7 Å². The standard InChI is InChI=1S/C19H18N2O5/c1-19-10-14(13-7-4-8-15(25-2)16(13)26-19)20-18(24)21(19)12-6-3-5-11(9-12)17(22)23/h3-9,14H,10H2,1-2H3,(H,20,24)(H,22,23)/t14-,19-/m0/s1. The summed E-state index contributed by atoms with van der Waals surface area (Å²) in [5, 5.41) is 12.2. The average Bonchev–Trinajstić information content (AvgIpc) is 2.60. The van der Waals surface area contributed by atoms with Crippen molar-refractivity contribution in [1.29, 1.82) is 0 Å². The lowest BCUT2D eigenvalue weighted by molar-refractivity contribution is 0.0349. The minimum Gasteiger partial charge on any atom is -0.493 e. The van der Waals surface area contributed by atoms with Gasteiger partial charge in [-0.25, -0.2) is 9.59 Å². The molecule has 2 atom stereocenters. The molecule has 0 radical (unpaired) electrons. The molecule has 2 heterocycles. The van der Waals surface area contributed by atoms with Crippen molar-refractivity contribution in [2.24, 2.45) is 0 Å². The highest BCUT2D eigenvalue weighted by molar-refractivity contribution is 5.97. The van der Waals surface area contributed by atoms with Crippen LogP contribution in [0.4, 0.5) is 10.5 Å². The largest absolute Gasteiger partial charge is 0.493 e. The molecule has 2 N–H and O–H groups in total. The number of methoxy groups -OCH3 is 1. The molecule has 2 aromatic rings. The van der Waals surface area contributed by atoms with Gasteiger partial charge in [0.15, 0.2) is 17.2 Å². The molecule has 1 fully saturated rings. The van der Waals surface area contributed by atoms with Crippen LogP contribution >= 0.6 is 0 Å². The summed E-state index contributed by atoms with van der Waals surface area (Å²) in [6.07, 6.45) is 0.524. The lowest BCUT2D eigenvalue weighted by Crippen LogP contribution is -2.65. The number of carboxylic acids is 1. The third-order valence-corrected chi connectivity index (χ3v) is 4.83. The van der Waals surface area contributed by atoms with E-state index in [1.54, 1.807) is 25.3 Å². The summed E-state index contributed by atoms with van der Waals surface area (Å²) in [5.41, 5.74) is 0.469. The van der Waals surface area contributed by atoms with Gasteiger partial charge in [-0.1, -0.05) is 18.2 Å². The molecule has 0 aliphatic carbocycles. The topological polar surface area (TPSA) is 88.1 Å². The molecule has 0 aromatic heterocycles. The fourth-order valence-corrected chi connectivity index (χ4v) is 3.69. The number of carboxylic acid groups (broad SMARTS) is 1. The Bertz CT molecular complexity index is 913. The molecule has 0 saturated carbocycles. The van der Waals surface area contributed by atoms with Crippen molar-refractivity contribution in [1.82, 2.24) is 5.32 Å². The van der Waals surface area contributed by atoms with Gasteiger partial charge in [0.25, 0.3) is 0 Å². The number of hydrogen-bond donors (Lipinski definition) is 2. The number of nitrogens with one attached hydrogen (secondary N) is 1. The predicted octanol–water partition coefficient (Wildman–Crippen LogP) is 3.16. The first kappa shape index (κ1) is 16.3. The minimum atomic E-state index is -1.05. The Kier molecular flexibility index (Phi) is 3.54. The second kappa shape index (κ2) is 5.66. The van der Waals surface area contributed by atoms with Crippen molar-refractivity contribution < 1.29 is 24.2 Å². The number of amides is 2. The molecule has 0 unspecified atom stereocenters. The first-order valence-electron chi connectivity index (χ1n) is 8.23. The summed E-state index contributed by atoms with van der Waals surface area (Å²) in [5.74, 6) is 0.130. The van der Waals surface area contributed by atoms with Crippen LogP contribution in [0.25, 0.3) is 0 Å². The Hall–Kier alpha value is -3.22. The van der Waals surface area contributed by atoms with Crippen LogP contribution in [0.15, 0.2) is 42.5 Å². The number of nitrogens with zero attached hydrogens (tertiary/aromatic N) is 1. The molecule has 7 heteroatoms. The van der Waals surface area contributed by atoms with E-state index in [9.17, 15) is 14.7 Å². The third kappa shape index (κ3) is 2.35. The maximum atomic E-state index is 12.8. The Morgan fingerprint density at radius 1 is 1.35 bits per heavy atom. The Morgan fingerprint density at radius 2 is 2.12 bits per heavy atom. The first-order valence-corrected chi connectivity index (χ1v) is 8.23. The first-order chi connectivity index (χ1) is 12.4. The van der Waals surface area contributed by atoms with Crippen molar-refractivity contribution in [2.75, 3.05) is 12.0 Å². The molecule has 1 saturated heterocycles. The Morgan fingerprint density at radius 3 is 2.85 bits per heavy atom. The molecule has 4 rings (SSSR count). The number of aromatic carboxylic acids is 1. The van der Waals surface area contributed by atoms with E-state index in [2.05, 4.69) is 5.32 Å². The molecule has 2 aliphatic heterocycles. The van der Waals surface area contributed by atoms with E-state index in [1.165, 1.54) is 17.0 Å². The van der Waals surface area contributed by atoms with Crippen molar-refractivity contribution in [3.05, 3.63) is 53.6 Å². The van der Waals surface area contributed by atoms with Crippen LogP contribution in [0.3, 0.4) is 0 Å². The maximum absolute atomic E-state index is 12.8. The lowest BCUT2D eigenvalue weighted by Gasteiger charge is -2.50. The van der Waals surface area contributed by atoms with E-state index in [1.807, 2.05) is 19.1 Å². The molecule has 2 aromatic carbocycles. The number of fused-ring (bicyclic) bond motifs is 4. The lowest BCUT2D eigenvalue weighted by atomic mass is 9.90. The fourth-order valence-electron chi connectivity index (χ4n) is 3.69. The summed E-state index contributed by atoms with van der Waals surface area (Å²) in [6, 6.07) is 11.3. The maximum Gasteiger partial charge on any atom is 0.335 e. The van der Waals surface area contributed by atoms with Gasteiger partial charge in [-0.2, -0.15) is 0 Å². The molecule has 2 amide bonds. The van der Waals surface area contributed by atoms with E-state index in [4.69, 9.17) is 9.47 Å². The predicted molar refractivity (Wildman–Crippen MR) is 93.8 cm³/mol. The minimum absolute atomic E-state index is 0.106. The zero-order valence-electron chi connectivity index (χ0n) is 14.4. The van der Waals surface area contributed by atoms with Crippen LogP contribution in [0.5, 0.6) is 11.5 Å². The number of urea groups is 1. The number of hydrogen-bond acceptors (Lipinski definition) is 4. The quantitative estimate of drug-likeness (QED) is 0.884. The molecule has 134 valence electrons. The van der Waals surface area contributed by atoms with Crippen molar-refractivity contribution in [3.63, 3.8) is 0 Å². The highest BCUT2D eigenvalue weighted by atomic mass is 16.5. The van der Waals surface area contributed by atoms with E-state index >= 15 is 0 Å². The monoisotopic (exact) mass is 354 g/mol. The van der Waals surface area contributed by atoms with Crippen molar-refractivity contribution >= 4 is 17.7 Å². The Labute approximate surface area is 150 Å². The summed E-state index contributed by atoms with van der Waals surface area (Å²) in [7, 11) is 1.57. The summed E-state index contributed by atoms with van der Waals surface area (Å²) in [4.78, 5) is 25.6. The van der Waals surface area contributed by atoms with Gasteiger partial charge in [0.2, 0.25) is 0 Å². The molecule has 2 aliphatic rings.